The maximum Gasteiger partial charge on any atom is 0.202 e. The van der Waals surface area contributed by atoms with Crippen LogP contribution in [0.5, 0.6) is 11.6 Å². The van der Waals surface area contributed by atoms with E-state index in [2.05, 4.69) is 0 Å². The van der Waals surface area contributed by atoms with Gasteiger partial charge in [-0.1, -0.05) is 37.3 Å². The van der Waals surface area contributed by atoms with E-state index in [0.29, 0.717) is 45.2 Å². The van der Waals surface area contributed by atoms with Crippen LogP contribution in [0.1, 0.15) is 13.3 Å². The first-order valence-electron chi connectivity index (χ1n) is 8.79. The molecule has 0 amide bonds. The summed E-state index contributed by atoms with van der Waals surface area (Å²) in [5.74, 6) is -0.165. The molecule has 0 saturated heterocycles. The van der Waals surface area contributed by atoms with E-state index in [1.807, 2.05) is 13.0 Å². The number of anilines is 1. The van der Waals surface area contributed by atoms with E-state index in [0.717, 1.165) is 6.42 Å². The first-order chi connectivity index (χ1) is 13.1. The van der Waals surface area contributed by atoms with Crippen LogP contribution in [-0.2, 0) is 6.54 Å². The Bertz CT molecular complexity index is 1170. The minimum absolute atomic E-state index is 0.108. The third kappa shape index (κ3) is 2.56. The number of aryl methyl sites for hydroxylation is 1. The summed E-state index contributed by atoms with van der Waals surface area (Å²) in [5.41, 5.74) is 9.00. The summed E-state index contributed by atoms with van der Waals surface area (Å²) in [5, 5.41) is 11.7. The fourth-order valence-corrected chi connectivity index (χ4v) is 3.52. The molecular weight excluding hydrogens is 345 g/mol. The molecule has 0 radical (unpaired) electrons. The lowest BCUT2D eigenvalue weighted by Gasteiger charge is -2.11. The maximum absolute atomic E-state index is 14.8. The molecular formula is C21H20FN3O2. The van der Waals surface area contributed by atoms with Gasteiger partial charge in [0.25, 0.3) is 0 Å². The monoisotopic (exact) mass is 365 g/mol. The molecule has 0 aliphatic heterocycles. The molecule has 6 heteroatoms. The van der Waals surface area contributed by atoms with Gasteiger partial charge in [-0.05, 0) is 12.5 Å². The summed E-state index contributed by atoms with van der Waals surface area (Å²) in [4.78, 5) is 4.71. The molecule has 0 fully saturated rings. The molecule has 0 unspecified atom stereocenters. The highest BCUT2D eigenvalue weighted by Crippen LogP contribution is 2.40. The Morgan fingerprint density at radius 2 is 1.93 bits per heavy atom. The van der Waals surface area contributed by atoms with Crippen LogP contribution in [0.3, 0.4) is 0 Å². The minimum atomic E-state index is -0.445. The largest absolute Gasteiger partial charge is 0.494 e. The van der Waals surface area contributed by atoms with Crippen molar-refractivity contribution < 1.29 is 14.2 Å². The van der Waals surface area contributed by atoms with Crippen molar-refractivity contribution in [3.05, 3.63) is 48.4 Å². The number of rotatable bonds is 4. The molecule has 2 heterocycles. The van der Waals surface area contributed by atoms with E-state index in [-0.39, 0.29) is 11.6 Å². The second-order valence-corrected chi connectivity index (χ2v) is 6.46. The molecule has 4 rings (SSSR count). The summed E-state index contributed by atoms with van der Waals surface area (Å²) < 4.78 is 21.7. The number of methoxy groups -OCH3 is 1. The number of aromatic hydroxyl groups is 1. The number of benzene rings is 2. The molecule has 138 valence electrons. The Morgan fingerprint density at radius 3 is 2.67 bits per heavy atom. The lowest BCUT2D eigenvalue weighted by molar-refractivity contribution is 0.387. The van der Waals surface area contributed by atoms with Crippen molar-refractivity contribution >= 4 is 27.5 Å². The quantitative estimate of drug-likeness (QED) is 0.550. The summed E-state index contributed by atoms with van der Waals surface area (Å²) in [7, 11) is 1.43. The molecule has 0 bridgehead atoms. The Kier molecular flexibility index (Phi) is 4.11. The van der Waals surface area contributed by atoms with Gasteiger partial charge in [-0.25, -0.2) is 9.37 Å². The Balaban J connectivity index is 2.06. The van der Waals surface area contributed by atoms with E-state index >= 15 is 0 Å². The topological polar surface area (TPSA) is 73.3 Å². The van der Waals surface area contributed by atoms with Crippen LogP contribution in [0.4, 0.5) is 10.1 Å². The van der Waals surface area contributed by atoms with Crippen LogP contribution in [0.15, 0.2) is 42.6 Å². The van der Waals surface area contributed by atoms with Gasteiger partial charge in [0.1, 0.15) is 0 Å². The van der Waals surface area contributed by atoms with Crippen LogP contribution in [0, 0.1) is 5.82 Å². The van der Waals surface area contributed by atoms with Crippen LogP contribution in [0.25, 0.3) is 32.9 Å². The van der Waals surface area contributed by atoms with Gasteiger partial charge < -0.3 is 20.1 Å². The SMILES string of the molecule is CCCn1cc2nc3c(-c4cccc(OC)c4F)cccc3c(N)c2c1O. The van der Waals surface area contributed by atoms with Gasteiger partial charge in [0.05, 0.1) is 29.2 Å². The predicted octanol–water partition coefficient (Wildman–Crippen LogP) is 4.70. The van der Waals surface area contributed by atoms with E-state index in [4.69, 9.17) is 15.5 Å². The zero-order valence-corrected chi connectivity index (χ0v) is 15.2. The molecule has 0 atom stereocenters. The average Bonchev–Trinajstić information content (AvgIpc) is 2.98. The molecule has 0 spiro atoms. The molecule has 0 aliphatic carbocycles. The number of pyridine rings is 1. The fourth-order valence-electron chi connectivity index (χ4n) is 3.52. The Hall–Kier alpha value is -3.28. The molecule has 0 aliphatic rings. The van der Waals surface area contributed by atoms with Gasteiger partial charge in [-0.15, -0.1) is 0 Å². The van der Waals surface area contributed by atoms with Crippen molar-refractivity contribution in [1.82, 2.24) is 9.55 Å². The normalized spacial score (nSPS) is 11.4. The zero-order chi connectivity index (χ0) is 19.1. The van der Waals surface area contributed by atoms with Crippen LogP contribution >= 0.6 is 0 Å². The standard InChI is InChI=1S/C21H20FN3O2/c1-3-10-25-11-15-17(21(25)26)19(23)14-8-4-7-13(20(14)24-15)12-6-5-9-16(27-2)18(12)22/h4-9,11,26H,3,10,23H2,1-2H3. The number of hydrogen-bond donors (Lipinski definition) is 2. The van der Waals surface area contributed by atoms with Crippen LogP contribution in [0.2, 0.25) is 0 Å². The van der Waals surface area contributed by atoms with E-state index in [1.54, 1.807) is 41.1 Å². The third-order valence-corrected chi connectivity index (χ3v) is 4.80. The number of para-hydroxylation sites is 1. The molecule has 4 aromatic rings. The average molecular weight is 365 g/mol. The Morgan fingerprint density at radius 1 is 1.19 bits per heavy atom. The third-order valence-electron chi connectivity index (χ3n) is 4.80. The first-order valence-corrected chi connectivity index (χ1v) is 8.79. The van der Waals surface area contributed by atoms with E-state index < -0.39 is 5.82 Å². The lowest BCUT2D eigenvalue weighted by Crippen LogP contribution is -1.95. The molecule has 27 heavy (non-hydrogen) atoms. The number of nitrogens with zero attached hydrogens (tertiary/aromatic N) is 2. The van der Waals surface area contributed by atoms with Gasteiger partial charge in [-0.3, -0.25) is 0 Å². The van der Waals surface area contributed by atoms with Crippen molar-refractivity contribution in [2.75, 3.05) is 12.8 Å². The summed E-state index contributed by atoms with van der Waals surface area (Å²) in [6.45, 7) is 2.69. The number of halogens is 1. The second-order valence-electron chi connectivity index (χ2n) is 6.46. The number of ether oxygens (including phenoxy) is 1. The van der Waals surface area contributed by atoms with Crippen LogP contribution < -0.4 is 10.5 Å². The van der Waals surface area contributed by atoms with Gasteiger partial charge >= 0.3 is 0 Å². The van der Waals surface area contributed by atoms with E-state index in [9.17, 15) is 9.50 Å². The van der Waals surface area contributed by atoms with Gasteiger partial charge in [0.15, 0.2) is 11.6 Å². The van der Waals surface area contributed by atoms with Crippen molar-refractivity contribution in [1.29, 1.82) is 0 Å². The highest BCUT2D eigenvalue weighted by Gasteiger charge is 2.19. The maximum atomic E-state index is 14.8. The molecule has 0 saturated carbocycles. The first kappa shape index (κ1) is 17.1. The summed E-state index contributed by atoms with van der Waals surface area (Å²) >= 11 is 0. The molecule has 2 aromatic carbocycles. The number of nitrogens with two attached hydrogens (primary N) is 1. The minimum Gasteiger partial charge on any atom is -0.494 e. The molecule has 3 N–H and O–H groups in total. The number of hydrogen-bond acceptors (Lipinski definition) is 4. The van der Waals surface area contributed by atoms with Gasteiger partial charge in [0, 0.05) is 29.3 Å². The van der Waals surface area contributed by atoms with E-state index in [1.165, 1.54) is 7.11 Å². The molecule has 5 nitrogen and oxygen atoms in total. The second kappa shape index (κ2) is 6.46. The predicted molar refractivity (Wildman–Crippen MR) is 106 cm³/mol. The smallest absolute Gasteiger partial charge is 0.202 e. The summed E-state index contributed by atoms with van der Waals surface area (Å²) in [6, 6.07) is 10.4. The number of fused-ring (bicyclic) bond motifs is 2. The highest BCUT2D eigenvalue weighted by atomic mass is 19.1. The van der Waals surface area contributed by atoms with Crippen molar-refractivity contribution in [2.45, 2.75) is 19.9 Å². The molecule has 2 aromatic heterocycles. The van der Waals surface area contributed by atoms with Crippen molar-refractivity contribution in [3.8, 4) is 22.8 Å². The number of nitrogen functional groups attached to an aromatic ring is 1. The van der Waals surface area contributed by atoms with Crippen LogP contribution in [-0.4, -0.2) is 21.8 Å². The summed E-state index contributed by atoms with van der Waals surface area (Å²) in [6.07, 6.45) is 2.65. The highest BCUT2D eigenvalue weighted by molar-refractivity contribution is 6.12. The van der Waals surface area contributed by atoms with Crippen molar-refractivity contribution in [2.24, 2.45) is 0 Å². The van der Waals surface area contributed by atoms with Gasteiger partial charge in [0.2, 0.25) is 5.88 Å². The van der Waals surface area contributed by atoms with Crippen molar-refractivity contribution in [3.63, 3.8) is 0 Å². The van der Waals surface area contributed by atoms with Gasteiger partial charge in [-0.2, -0.15) is 0 Å². The zero-order valence-electron chi connectivity index (χ0n) is 15.2. The lowest BCUT2D eigenvalue weighted by atomic mass is 9.99. The fraction of sp³-hybridized carbons (Fsp3) is 0.190. The number of aromatic nitrogens is 2. The Labute approximate surface area is 155 Å².